The highest BCUT2D eigenvalue weighted by Gasteiger charge is 2.39. The van der Waals surface area contributed by atoms with Crippen LogP contribution in [-0.2, 0) is 38.0 Å². The SMILES string of the molecule is COC(=O)Oc1ccccc1C(=O)OCC(COC(=O)c1ccccc1OC(C)=O)(COC(=O)c1ccccc1OC(C)=O)COC(=O)c1ccccc1OC(=O)OC. The third-order valence-electron chi connectivity index (χ3n) is 7.69. The second-order valence-corrected chi connectivity index (χ2v) is 12.1. The van der Waals surface area contributed by atoms with E-state index in [1.165, 1.54) is 97.1 Å². The number of para-hydroxylation sites is 4. The molecule has 0 heterocycles. The third-order valence-corrected chi connectivity index (χ3v) is 7.69. The van der Waals surface area contributed by atoms with E-state index in [9.17, 15) is 38.4 Å². The van der Waals surface area contributed by atoms with Crippen molar-refractivity contribution >= 4 is 48.1 Å². The van der Waals surface area contributed by atoms with Crippen molar-refractivity contribution in [2.45, 2.75) is 13.8 Å². The maximum atomic E-state index is 13.6. The number of rotatable bonds is 16. The Morgan fingerprint density at radius 1 is 0.390 bits per heavy atom. The first-order valence-corrected chi connectivity index (χ1v) is 17.2. The van der Waals surface area contributed by atoms with Crippen molar-refractivity contribution < 1.29 is 85.7 Å². The lowest BCUT2D eigenvalue weighted by molar-refractivity contribution is -0.132. The normalized spacial score (nSPS) is 10.5. The molecule has 0 aromatic heterocycles. The lowest BCUT2D eigenvalue weighted by atomic mass is 9.92. The zero-order valence-electron chi connectivity index (χ0n) is 31.9. The molecule has 0 radical (unpaired) electrons. The standard InChI is InChI=1S/C41H36O18/c1-25(42)56-31-17-9-5-13-27(31)35(44)52-21-41(22-53-36(45)28-14-6-10-18-32(28)57-26(2)43,23-54-37(46)29-15-7-11-19-33(29)58-39(48)50-3)24-55-38(47)30-16-8-12-20-34(30)59-40(49)51-4/h5-20H,21-24H2,1-4H3. The summed E-state index contributed by atoms with van der Waals surface area (Å²) in [4.78, 5) is 102. The van der Waals surface area contributed by atoms with Crippen molar-refractivity contribution in [3.05, 3.63) is 119 Å². The molecule has 18 nitrogen and oxygen atoms in total. The maximum absolute atomic E-state index is 13.6. The van der Waals surface area contributed by atoms with Gasteiger partial charge < -0.3 is 47.4 Å². The minimum absolute atomic E-state index is 0.161. The first-order chi connectivity index (χ1) is 28.3. The van der Waals surface area contributed by atoms with Gasteiger partial charge in [-0.05, 0) is 48.5 Å². The molecule has 308 valence electrons. The van der Waals surface area contributed by atoms with Crippen LogP contribution < -0.4 is 18.9 Å². The van der Waals surface area contributed by atoms with Crippen LogP contribution in [0.1, 0.15) is 55.3 Å². The number of ether oxygens (including phenoxy) is 10. The highest BCUT2D eigenvalue weighted by Crippen LogP contribution is 2.29. The van der Waals surface area contributed by atoms with E-state index in [-0.39, 0.29) is 45.3 Å². The molecule has 0 saturated heterocycles. The topological polar surface area (TPSA) is 229 Å². The molecule has 0 aliphatic rings. The second kappa shape index (κ2) is 21.0. The second-order valence-electron chi connectivity index (χ2n) is 12.1. The van der Waals surface area contributed by atoms with Gasteiger partial charge in [-0.25, -0.2) is 28.8 Å². The molecular weight excluding hydrogens is 780 g/mol. The molecule has 0 aliphatic heterocycles. The average molecular weight is 817 g/mol. The van der Waals surface area contributed by atoms with E-state index in [0.717, 1.165) is 28.1 Å². The number of esters is 6. The van der Waals surface area contributed by atoms with Crippen molar-refractivity contribution in [1.82, 2.24) is 0 Å². The Morgan fingerprint density at radius 3 is 0.864 bits per heavy atom. The lowest BCUT2D eigenvalue weighted by Crippen LogP contribution is -2.44. The molecule has 0 bridgehead atoms. The Kier molecular flexibility index (Phi) is 15.6. The summed E-state index contributed by atoms with van der Waals surface area (Å²) in [6.45, 7) is -1.06. The highest BCUT2D eigenvalue weighted by atomic mass is 16.7. The summed E-state index contributed by atoms with van der Waals surface area (Å²) in [5.74, 6) is -6.66. The molecule has 4 aromatic rings. The summed E-state index contributed by atoms with van der Waals surface area (Å²) < 4.78 is 52.0. The monoisotopic (exact) mass is 816 g/mol. The fraction of sp³-hybridized carbons (Fsp3) is 0.220. The lowest BCUT2D eigenvalue weighted by Gasteiger charge is -2.32. The minimum Gasteiger partial charge on any atom is -0.461 e. The van der Waals surface area contributed by atoms with Crippen LogP contribution in [0.3, 0.4) is 0 Å². The van der Waals surface area contributed by atoms with E-state index in [1.807, 2.05) is 0 Å². The summed E-state index contributed by atoms with van der Waals surface area (Å²) in [7, 11) is 2.10. The van der Waals surface area contributed by atoms with E-state index in [2.05, 4.69) is 9.47 Å². The van der Waals surface area contributed by atoms with Crippen LogP contribution >= 0.6 is 0 Å². The smallest absolute Gasteiger partial charge is 0.461 e. The van der Waals surface area contributed by atoms with Gasteiger partial charge in [-0.15, -0.1) is 0 Å². The minimum atomic E-state index is -1.97. The predicted octanol–water partition coefficient (Wildman–Crippen LogP) is 5.54. The van der Waals surface area contributed by atoms with Gasteiger partial charge in [-0.2, -0.15) is 0 Å². The highest BCUT2D eigenvalue weighted by molar-refractivity contribution is 5.95. The summed E-state index contributed by atoms with van der Waals surface area (Å²) in [6, 6.07) is 22.1. The summed E-state index contributed by atoms with van der Waals surface area (Å²) >= 11 is 0. The fourth-order valence-electron chi connectivity index (χ4n) is 4.91. The van der Waals surface area contributed by atoms with Crippen LogP contribution in [0.4, 0.5) is 9.59 Å². The number of hydrogen-bond acceptors (Lipinski definition) is 18. The van der Waals surface area contributed by atoms with Gasteiger partial charge in [0.2, 0.25) is 0 Å². The number of benzene rings is 4. The number of methoxy groups -OCH3 is 2. The van der Waals surface area contributed by atoms with Gasteiger partial charge in [-0.3, -0.25) is 9.59 Å². The Labute approximate surface area is 335 Å². The maximum Gasteiger partial charge on any atom is 0.513 e. The average Bonchev–Trinajstić information content (AvgIpc) is 3.22. The molecule has 4 aromatic carbocycles. The Morgan fingerprint density at radius 2 is 0.627 bits per heavy atom. The Hall–Kier alpha value is -7.76. The van der Waals surface area contributed by atoms with E-state index in [0.29, 0.717) is 0 Å². The molecular formula is C41H36O18. The number of carbonyl (C=O) groups is 8. The predicted molar refractivity (Wildman–Crippen MR) is 198 cm³/mol. The quantitative estimate of drug-likeness (QED) is 0.0585. The fourth-order valence-corrected chi connectivity index (χ4v) is 4.91. The molecule has 0 unspecified atom stereocenters. The van der Waals surface area contributed by atoms with E-state index >= 15 is 0 Å². The van der Waals surface area contributed by atoms with E-state index in [4.69, 9.17) is 37.9 Å². The molecule has 0 N–H and O–H groups in total. The molecule has 0 aliphatic carbocycles. The zero-order chi connectivity index (χ0) is 43.0. The van der Waals surface area contributed by atoms with Gasteiger partial charge in [0.05, 0.1) is 14.2 Å². The molecule has 0 fully saturated rings. The molecule has 4 rings (SSSR count). The van der Waals surface area contributed by atoms with Crippen molar-refractivity contribution in [3.63, 3.8) is 0 Å². The zero-order valence-corrected chi connectivity index (χ0v) is 31.9. The van der Waals surface area contributed by atoms with Crippen LogP contribution in [0, 0.1) is 5.41 Å². The molecule has 0 amide bonds. The Balaban J connectivity index is 1.76. The molecule has 0 spiro atoms. The van der Waals surface area contributed by atoms with Gasteiger partial charge in [0, 0.05) is 13.8 Å². The van der Waals surface area contributed by atoms with Crippen LogP contribution in [0.2, 0.25) is 0 Å². The van der Waals surface area contributed by atoms with Crippen molar-refractivity contribution in [2.75, 3.05) is 40.6 Å². The van der Waals surface area contributed by atoms with E-state index in [1.54, 1.807) is 0 Å². The molecule has 0 atom stereocenters. The van der Waals surface area contributed by atoms with Crippen LogP contribution in [-0.4, -0.2) is 88.8 Å². The van der Waals surface area contributed by atoms with Crippen molar-refractivity contribution in [1.29, 1.82) is 0 Å². The summed E-state index contributed by atoms with van der Waals surface area (Å²) in [6.07, 6.45) is -2.30. The molecule has 18 heteroatoms. The summed E-state index contributed by atoms with van der Waals surface area (Å²) in [5.41, 5.74) is -2.92. The molecule has 0 saturated carbocycles. The molecule has 59 heavy (non-hydrogen) atoms. The van der Waals surface area contributed by atoms with Gasteiger partial charge in [0.15, 0.2) is 0 Å². The van der Waals surface area contributed by atoms with Gasteiger partial charge >= 0.3 is 48.1 Å². The number of carbonyl (C=O) groups excluding carboxylic acids is 8. The third kappa shape index (κ3) is 12.6. The largest absolute Gasteiger partial charge is 0.513 e. The van der Waals surface area contributed by atoms with Gasteiger partial charge in [-0.1, -0.05) is 48.5 Å². The van der Waals surface area contributed by atoms with Crippen molar-refractivity contribution in [3.8, 4) is 23.0 Å². The Bertz CT molecular complexity index is 2050. The van der Waals surface area contributed by atoms with E-state index < -0.39 is 80.0 Å². The van der Waals surface area contributed by atoms with Crippen LogP contribution in [0.25, 0.3) is 0 Å². The van der Waals surface area contributed by atoms with Crippen LogP contribution in [0.5, 0.6) is 23.0 Å². The first-order valence-electron chi connectivity index (χ1n) is 17.2. The number of hydrogen-bond donors (Lipinski definition) is 0. The van der Waals surface area contributed by atoms with Gasteiger partial charge in [0.1, 0.15) is 77.1 Å². The summed E-state index contributed by atoms with van der Waals surface area (Å²) in [5, 5.41) is 0. The van der Waals surface area contributed by atoms with Crippen LogP contribution in [0.15, 0.2) is 97.1 Å². The first kappa shape index (κ1) is 44.0. The van der Waals surface area contributed by atoms with Gasteiger partial charge in [0.25, 0.3) is 0 Å². The van der Waals surface area contributed by atoms with Crippen molar-refractivity contribution in [2.24, 2.45) is 5.41 Å².